The molecule has 0 atom stereocenters. The van der Waals surface area contributed by atoms with Crippen LogP contribution in [0.4, 0.5) is 5.69 Å². The first kappa shape index (κ1) is 29.3. The van der Waals surface area contributed by atoms with E-state index in [-0.39, 0.29) is 4.90 Å². The molecule has 1 amide bonds. The van der Waals surface area contributed by atoms with Crippen molar-refractivity contribution in [2.75, 3.05) is 18.0 Å². The molecule has 5 aromatic rings. The fraction of sp³-hybridized carbons (Fsp3) is 0.118. The maximum Gasteiger partial charge on any atom is 0.264 e. The Morgan fingerprint density at radius 1 is 0.837 bits per heavy atom. The van der Waals surface area contributed by atoms with Gasteiger partial charge in [-0.25, -0.2) is 13.8 Å². The fourth-order valence-corrected chi connectivity index (χ4v) is 5.90. The Balaban J connectivity index is 1.22. The number of rotatable bonds is 11. The number of methoxy groups -OCH3 is 1. The topological polar surface area (TPSA) is 97.3 Å². The van der Waals surface area contributed by atoms with Crippen molar-refractivity contribution in [2.24, 2.45) is 5.10 Å². The first-order valence-electron chi connectivity index (χ1n) is 13.6. The number of fused-ring (bicyclic) bond motifs is 1. The second-order valence-corrected chi connectivity index (χ2v) is 11.7. The third-order valence-corrected chi connectivity index (χ3v) is 8.60. The van der Waals surface area contributed by atoms with Crippen LogP contribution in [0.15, 0.2) is 125 Å². The number of hydrogen-bond donors (Lipinski definition) is 1. The summed E-state index contributed by atoms with van der Waals surface area (Å²) in [5, 5.41) is 6.35. The SMILES string of the molecule is COc1ccc(S(=O)(=O)N(CC(=O)N/N=C\c2ccc(OCc3cccc4ccccc34)cc2)c2ccc(C)cc2)cc1. The Kier molecular flexibility index (Phi) is 9.02. The van der Waals surface area contributed by atoms with Gasteiger partial charge in [0.05, 0.1) is 23.9 Å². The summed E-state index contributed by atoms with van der Waals surface area (Å²) in [6.45, 7) is 1.87. The van der Waals surface area contributed by atoms with Crippen molar-refractivity contribution in [1.29, 1.82) is 0 Å². The van der Waals surface area contributed by atoms with Crippen LogP contribution in [0.5, 0.6) is 11.5 Å². The van der Waals surface area contributed by atoms with E-state index in [4.69, 9.17) is 9.47 Å². The van der Waals surface area contributed by atoms with E-state index < -0.39 is 22.5 Å². The summed E-state index contributed by atoms with van der Waals surface area (Å²) in [5.41, 5.74) is 5.59. The minimum Gasteiger partial charge on any atom is -0.497 e. The van der Waals surface area contributed by atoms with Gasteiger partial charge in [0.25, 0.3) is 15.9 Å². The molecule has 0 aromatic heterocycles. The molecule has 0 radical (unpaired) electrons. The number of hydrogen-bond acceptors (Lipinski definition) is 6. The highest BCUT2D eigenvalue weighted by Crippen LogP contribution is 2.26. The van der Waals surface area contributed by atoms with Gasteiger partial charge >= 0.3 is 0 Å². The molecule has 0 heterocycles. The minimum absolute atomic E-state index is 0.0351. The van der Waals surface area contributed by atoms with Crippen LogP contribution >= 0.6 is 0 Å². The van der Waals surface area contributed by atoms with Gasteiger partial charge in [-0.15, -0.1) is 0 Å². The van der Waals surface area contributed by atoms with Crippen molar-refractivity contribution in [3.8, 4) is 11.5 Å². The van der Waals surface area contributed by atoms with Gasteiger partial charge in [-0.05, 0) is 89.5 Å². The first-order chi connectivity index (χ1) is 20.8. The van der Waals surface area contributed by atoms with Gasteiger partial charge in [0.2, 0.25) is 0 Å². The lowest BCUT2D eigenvalue weighted by Gasteiger charge is -2.24. The largest absolute Gasteiger partial charge is 0.497 e. The van der Waals surface area contributed by atoms with Gasteiger partial charge in [-0.3, -0.25) is 9.10 Å². The summed E-state index contributed by atoms with van der Waals surface area (Å²) < 4.78 is 39.3. The second-order valence-electron chi connectivity index (χ2n) is 9.81. The van der Waals surface area contributed by atoms with E-state index in [2.05, 4.69) is 28.7 Å². The summed E-state index contributed by atoms with van der Waals surface area (Å²) in [4.78, 5) is 12.9. The van der Waals surface area contributed by atoms with Gasteiger partial charge in [-0.1, -0.05) is 60.2 Å². The number of sulfonamides is 1. The zero-order valence-corrected chi connectivity index (χ0v) is 24.6. The second kappa shape index (κ2) is 13.2. The molecular weight excluding hydrogens is 562 g/mol. The predicted octanol–water partition coefficient (Wildman–Crippen LogP) is 6.08. The summed E-state index contributed by atoms with van der Waals surface area (Å²) in [6.07, 6.45) is 1.49. The lowest BCUT2D eigenvalue weighted by Crippen LogP contribution is -2.39. The molecule has 0 fully saturated rings. The highest BCUT2D eigenvalue weighted by molar-refractivity contribution is 7.92. The Morgan fingerprint density at radius 2 is 1.51 bits per heavy atom. The Morgan fingerprint density at radius 3 is 2.23 bits per heavy atom. The molecule has 0 unspecified atom stereocenters. The molecule has 8 nitrogen and oxygen atoms in total. The molecule has 0 aliphatic heterocycles. The molecule has 9 heteroatoms. The summed E-state index contributed by atoms with van der Waals surface area (Å²) in [7, 11) is -2.55. The van der Waals surface area contributed by atoms with Crippen LogP contribution in [-0.4, -0.2) is 34.2 Å². The lowest BCUT2D eigenvalue weighted by molar-refractivity contribution is -0.119. The van der Waals surface area contributed by atoms with E-state index in [0.29, 0.717) is 23.8 Å². The van der Waals surface area contributed by atoms with Gasteiger partial charge in [-0.2, -0.15) is 5.10 Å². The van der Waals surface area contributed by atoms with E-state index >= 15 is 0 Å². The third kappa shape index (κ3) is 7.20. The van der Waals surface area contributed by atoms with E-state index in [1.807, 2.05) is 55.5 Å². The van der Waals surface area contributed by atoms with E-state index in [1.165, 1.54) is 25.5 Å². The molecule has 0 bridgehead atoms. The number of hydrazone groups is 1. The summed E-state index contributed by atoms with van der Waals surface area (Å²) in [6, 6.07) is 34.5. The number of amides is 1. The number of anilines is 1. The van der Waals surface area contributed by atoms with Crippen LogP contribution in [0.1, 0.15) is 16.7 Å². The van der Waals surface area contributed by atoms with Crippen molar-refractivity contribution in [3.63, 3.8) is 0 Å². The zero-order chi connectivity index (χ0) is 30.2. The fourth-order valence-electron chi connectivity index (χ4n) is 4.48. The van der Waals surface area contributed by atoms with Gasteiger partial charge in [0.1, 0.15) is 24.7 Å². The molecule has 5 rings (SSSR count). The average molecular weight is 594 g/mol. The average Bonchev–Trinajstić information content (AvgIpc) is 3.03. The lowest BCUT2D eigenvalue weighted by atomic mass is 10.1. The third-order valence-electron chi connectivity index (χ3n) is 6.81. The molecule has 0 aliphatic rings. The summed E-state index contributed by atoms with van der Waals surface area (Å²) in [5.74, 6) is 0.632. The quantitative estimate of drug-likeness (QED) is 0.148. The highest BCUT2D eigenvalue weighted by atomic mass is 32.2. The van der Waals surface area contributed by atoms with E-state index in [1.54, 1.807) is 36.4 Å². The molecule has 5 aromatic carbocycles. The van der Waals surface area contributed by atoms with Gasteiger partial charge in [0.15, 0.2) is 0 Å². The summed E-state index contributed by atoms with van der Waals surface area (Å²) >= 11 is 0. The monoisotopic (exact) mass is 593 g/mol. The Labute approximate surface area is 251 Å². The van der Waals surface area contributed by atoms with Crippen molar-refractivity contribution in [3.05, 3.63) is 132 Å². The molecule has 0 spiro atoms. The predicted molar refractivity (Wildman–Crippen MR) is 169 cm³/mol. The molecule has 1 N–H and O–H groups in total. The minimum atomic E-state index is -4.06. The maximum atomic E-state index is 13.5. The standard InChI is InChI=1S/C34H31N3O5S/c1-25-10-14-29(15-11-25)37(43(39,40)32-20-18-30(41-2)19-21-32)23-34(38)36-35-22-26-12-16-31(17-13-26)42-24-28-8-5-7-27-6-3-4-9-33(27)28/h3-22H,23-24H2,1-2H3,(H,36,38)/b35-22-. The Bertz CT molecular complexity index is 1830. The van der Waals surface area contributed by atoms with Crippen LogP contribution in [0, 0.1) is 6.92 Å². The van der Waals surface area contributed by atoms with Crippen LogP contribution < -0.4 is 19.2 Å². The zero-order valence-electron chi connectivity index (χ0n) is 23.8. The number of benzene rings is 5. The number of carbonyl (C=O) groups excluding carboxylic acids is 1. The molecule has 0 saturated heterocycles. The van der Waals surface area contributed by atoms with Crippen molar-refractivity contribution >= 4 is 38.6 Å². The molecular formula is C34H31N3O5S. The van der Waals surface area contributed by atoms with Crippen LogP contribution in [0.3, 0.4) is 0 Å². The first-order valence-corrected chi connectivity index (χ1v) is 15.0. The molecule has 0 saturated carbocycles. The number of nitrogens with one attached hydrogen (secondary N) is 1. The molecule has 0 aliphatic carbocycles. The van der Waals surface area contributed by atoms with Crippen molar-refractivity contribution < 1.29 is 22.7 Å². The molecule has 43 heavy (non-hydrogen) atoms. The van der Waals surface area contributed by atoms with Crippen molar-refractivity contribution in [2.45, 2.75) is 18.4 Å². The normalized spacial score (nSPS) is 11.4. The van der Waals surface area contributed by atoms with Crippen molar-refractivity contribution in [1.82, 2.24) is 5.43 Å². The Hall–Kier alpha value is -5.15. The van der Waals surface area contributed by atoms with Gasteiger partial charge in [0, 0.05) is 0 Å². The van der Waals surface area contributed by atoms with E-state index in [9.17, 15) is 13.2 Å². The number of aryl methyl sites for hydroxylation is 1. The van der Waals surface area contributed by atoms with Crippen LogP contribution in [-0.2, 0) is 21.4 Å². The van der Waals surface area contributed by atoms with E-state index in [0.717, 1.165) is 31.8 Å². The number of carbonyl (C=O) groups is 1. The van der Waals surface area contributed by atoms with Crippen LogP contribution in [0.25, 0.3) is 10.8 Å². The molecule has 218 valence electrons. The highest BCUT2D eigenvalue weighted by Gasteiger charge is 2.27. The van der Waals surface area contributed by atoms with Gasteiger partial charge < -0.3 is 9.47 Å². The smallest absolute Gasteiger partial charge is 0.264 e. The maximum absolute atomic E-state index is 13.5. The number of nitrogens with zero attached hydrogens (tertiary/aromatic N) is 2. The van der Waals surface area contributed by atoms with Crippen LogP contribution in [0.2, 0.25) is 0 Å². The number of ether oxygens (including phenoxy) is 2.